The summed E-state index contributed by atoms with van der Waals surface area (Å²) >= 11 is 0. The summed E-state index contributed by atoms with van der Waals surface area (Å²) in [5.41, 5.74) is 16.8. The van der Waals surface area contributed by atoms with Crippen molar-refractivity contribution >= 4 is 60.7 Å². The van der Waals surface area contributed by atoms with Crippen molar-refractivity contribution in [3.63, 3.8) is 0 Å². The van der Waals surface area contributed by atoms with Gasteiger partial charge in [-0.15, -0.1) is 0 Å². The van der Waals surface area contributed by atoms with Crippen LogP contribution < -0.4 is 9.64 Å². The number of benzene rings is 10. The average Bonchev–Trinajstić information content (AvgIpc) is 3.95. The lowest BCUT2D eigenvalue weighted by Crippen LogP contribution is -2.15. The second-order valence-corrected chi connectivity index (χ2v) is 17.8. The van der Waals surface area contributed by atoms with Crippen LogP contribution in [0, 0.1) is 0 Å². The fourth-order valence-electron chi connectivity index (χ4n) is 10.5. The zero-order valence-electron chi connectivity index (χ0n) is 37.8. The Kier molecular flexibility index (Phi) is 9.10. The molecule has 328 valence electrons. The standard InChI is InChI=1S/C64H41N5O/c1-3-17-43(18-4-1)54-41-55(66-64(65-54)45-19-5-2-6-20-45)44-33-31-42(32-34-44)46-37-48(68-56-24-10-7-21-50(56)51-22-8-11-25-57(51)68)39-49(38-46)69-58-26-12-9-23-52(58)53-40-47(35-36-59(53)69)67-60-27-13-15-29-62(60)70-63-30-16-14-28-61(63)67/h1-41H. The number of fused-ring (bicyclic) bond motifs is 8. The number of para-hydroxylation sites is 7. The van der Waals surface area contributed by atoms with Gasteiger partial charge in [0.2, 0.25) is 0 Å². The lowest BCUT2D eigenvalue weighted by Gasteiger charge is -2.32. The van der Waals surface area contributed by atoms with E-state index in [9.17, 15) is 0 Å². The van der Waals surface area contributed by atoms with Crippen LogP contribution in [0.2, 0.25) is 0 Å². The highest BCUT2D eigenvalue weighted by molar-refractivity contribution is 6.12. The van der Waals surface area contributed by atoms with Crippen LogP contribution in [0.15, 0.2) is 249 Å². The van der Waals surface area contributed by atoms with Crippen molar-refractivity contribution < 1.29 is 4.74 Å². The average molecular weight is 896 g/mol. The summed E-state index contributed by atoms with van der Waals surface area (Å²) in [5.74, 6) is 2.36. The molecule has 4 heterocycles. The number of ether oxygens (including phenoxy) is 1. The highest BCUT2D eigenvalue weighted by Crippen LogP contribution is 2.51. The minimum absolute atomic E-state index is 0.697. The minimum atomic E-state index is 0.697. The SMILES string of the molecule is c1ccc(-c2cc(-c3ccc(-c4cc(-n5c6ccccc6c6ccccc65)cc(-n5c6ccccc6c6cc(N7c8ccccc8Oc8ccccc87)ccc65)c4)cc3)nc(-c3ccccc3)n2)cc1. The first kappa shape index (κ1) is 39.6. The van der Waals surface area contributed by atoms with E-state index in [-0.39, 0.29) is 0 Å². The van der Waals surface area contributed by atoms with Crippen LogP contribution in [0.3, 0.4) is 0 Å². The summed E-state index contributed by atoms with van der Waals surface area (Å²) in [4.78, 5) is 12.5. The normalized spacial score (nSPS) is 12.1. The molecule has 14 rings (SSSR count). The smallest absolute Gasteiger partial charge is 0.160 e. The number of aromatic nitrogens is 4. The second kappa shape index (κ2) is 16.1. The van der Waals surface area contributed by atoms with Gasteiger partial charge in [-0.05, 0) is 96.1 Å². The summed E-state index contributed by atoms with van der Waals surface area (Å²) in [7, 11) is 0. The van der Waals surface area contributed by atoms with Crippen LogP contribution in [0.5, 0.6) is 11.5 Å². The lowest BCUT2D eigenvalue weighted by molar-refractivity contribution is 0.477. The molecular weight excluding hydrogens is 855 g/mol. The van der Waals surface area contributed by atoms with E-state index in [1.807, 2.05) is 48.5 Å². The third kappa shape index (κ3) is 6.49. The van der Waals surface area contributed by atoms with Gasteiger partial charge in [-0.25, -0.2) is 9.97 Å². The fourth-order valence-corrected chi connectivity index (χ4v) is 10.5. The maximum absolute atomic E-state index is 6.41. The molecule has 0 saturated heterocycles. The Bertz CT molecular complexity index is 4000. The number of nitrogens with zero attached hydrogens (tertiary/aromatic N) is 5. The molecule has 1 aliphatic rings. The third-order valence-electron chi connectivity index (χ3n) is 13.7. The van der Waals surface area contributed by atoms with E-state index >= 15 is 0 Å². The van der Waals surface area contributed by atoms with Crippen molar-refractivity contribution in [3.05, 3.63) is 249 Å². The van der Waals surface area contributed by atoms with E-state index in [4.69, 9.17) is 14.7 Å². The van der Waals surface area contributed by atoms with Crippen LogP contribution in [-0.2, 0) is 0 Å². The largest absolute Gasteiger partial charge is 0.453 e. The van der Waals surface area contributed by atoms with Crippen molar-refractivity contribution in [2.24, 2.45) is 0 Å². The molecule has 0 atom stereocenters. The van der Waals surface area contributed by atoms with E-state index in [2.05, 4.69) is 214 Å². The Morgan fingerprint density at radius 1 is 0.286 bits per heavy atom. The van der Waals surface area contributed by atoms with Crippen molar-refractivity contribution in [2.75, 3.05) is 4.90 Å². The minimum Gasteiger partial charge on any atom is -0.453 e. The number of hydrogen-bond acceptors (Lipinski definition) is 4. The molecule has 1 aliphatic heterocycles. The highest BCUT2D eigenvalue weighted by atomic mass is 16.5. The quantitative estimate of drug-likeness (QED) is 0.160. The maximum Gasteiger partial charge on any atom is 0.160 e. The molecule has 0 N–H and O–H groups in total. The highest BCUT2D eigenvalue weighted by Gasteiger charge is 2.26. The molecule has 13 aromatic rings. The molecule has 6 nitrogen and oxygen atoms in total. The predicted molar refractivity (Wildman–Crippen MR) is 287 cm³/mol. The van der Waals surface area contributed by atoms with Crippen molar-refractivity contribution in [1.82, 2.24) is 19.1 Å². The summed E-state index contributed by atoms with van der Waals surface area (Å²) in [6.45, 7) is 0. The van der Waals surface area contributed by atoms with Gasteiger partial charge in [0.05, 0.1) is 44.8 Å². The van der Waals surface area contributed by atoms with Gasteiger partial charge in [0.15, 0.2) is 17.3 Å². The Labute approximate surface area is 404 Å². The van der Waals surface area contributed by atoms with Gasteiger partial charge in [-0.1, -0.05) is 164 Å². The Balaban J connectivity index is 0.958. The molecule has 6 heteroatoms. The zero-order chi connectivity index (χ0) is 46.1. The van der Waals surface area contributed by atoms with Crippen LogP contribution in [0.25, 0.3) is 100 Å². The Morgan fingerprint density at radius 2 is 0.729 bits per heavy atom. The maximum atomic E-state index is 6.41. The third-order valence-corrected chi connectivity index (χ3v) is 13.7. The summed E-state index contributed by atoms with van der Waals surface area (Å²) < 4.78 is 11.3. The van der Waals surface area contributed by atoms with Crippen LogP contribution in [0.4, 0.5) is 17.1 Å². The number of anilines is 3. The Hall–Kier alpha value is -9.52. The van der Waals surface area contributed by atoms with Gasteiger partial charge in [-0.2, -0.15) is 0 Å². The van der Waals surface area contributed by atoms with Crippen LogP contribution in [-0.4, -0.2) is 19.1 Å². The first-order valence-corrected chi connectivity index (χ1v) is 23.6. The van der Waals surface area contributed by atoms with E-state index < -0.39 is 0 Å². The summed E-state index contributed by atoms with van der Waals surface area (Å²) in [5, 5.41) is 4.79. The molecule has 0 amide bonds. The predicted octanol–water partition coefficient (Wildman–Crippen LogP) is 16.9. The van der Waals surface area contributed by atoms with Gasteiger partial charge in [0.1, 0.15) is 0 Å². The van der Waals surface area contributed by atoms with E-state index in [0.717, 1.165) is 107 Å². The first-order valence-electron chi connectivity index (χ1n) is 23.6. The van der Waals surface area contributed by atoms with E-state index in [1.165, 1.54) is 16.2 Å². The lowest BCUT2D eigenvalue weighted by atomic mass is 10.0. The van der Waals surface area contributed by atoms with Crippen molar-refractivity contribution in [2.45, 2.75) is 0 Å². The van der Waals surface area contributed by atoms with E-state index in [1.54, 1.807) is 0 Å². The Morgan fingerprint density at radius 3 is 1.30 bits per heavy atom. The molecule has 0 bridgehead atoms. The van der Waals surface area contributed by atoms with E-state index in [0.29, 0.717) is 5.82 Å². The summed E-state index contributed by atoms with van der Waals surface area (Å²) in [6, 6.07) is 88.1. The zero-order valence-corrected chi connectivity index (χ0v) is 37.8. The van der Waals surface area contributed by atoms with Crippen LogP contribution in [0.1, 0.15) is 0 Å². The first-order chi connectivity index (χ1) is 34.7. The summed E-state index contributed by atoms with van der Waals surface area (Å²) in [6.07, 6.45) is 0. The fraction of sp³-hybridized carbons (Fsp3) is 0. The molecule has 0 radical (unpaired) electrons. The molecule has 0 unspecified atom stereocenters. The van der Waals surface area contributed by atoms with Gasteiger partial charge in [0.25, 0.3) is 0 Å². The van der Waals surface area contributed by atoms with Gasteiger partial charge in [-0.3, -0.25) is 0 Å². The molecule has 0 fully saturated rings. The van der Waals surface area contributed by atoms with Gasteiger partial charge in [0, 0.05) is 55.3 Å². The molecule has 0 saturated carbocycles. The molecule has 70 heavy (non-hydrogen) atoms. The molecule has 0 aliphatic carbocycles. The van der Waals surface area contributed by atoms with Crippen molar-refractivity contribution in [1.29, 1.82) is 0 Å². The number of rotatable bonds is 7. The van der Waals surface area contributed by atoms with Crippen molar-refractivity contribution in [3.8, 4) is 67.9 Å². The molecular formula is C64H41N5O. The molecule has 0 spiro atoms. The second-order valence-electron chi connectivity index (χ2n) is 17.8. The van der Waals surface area contributed by atoms with Gasteiger partial charge >= 0.3 is 0 Å². The van der Waals surface area contributed by atoms with Crippen LogP contribution >= 0.6 is 0 Å². The molecule has 3 aromatic heterocycles. The monoisotopic (exact) mass is 895 g/mol. The number of hydrogen-bond donors (Lipinski definition) is 0. The van der Waals surface area contributed by atoms with Gasteiger partial charge < -0.3 is 18.8 Å². The topological polar surface area (TPSA) is 48.1 Å². The molecule has 10 aromatic carbocycles.